The number of hydrogen-bond acceptors (Lipinski definition) is 8. The number of carboxylic acid groups (broad SMARTS) is 1. The molecule has 0 unspecified atom stereocenters. The predicted octanol–water partition coefficient (Wildman–Crippen LogP) is -3.46. The van der Waals surface area contributed by atoms with Gasteiger partial charge in [0.05, 0.1) is 13.0 Å². The molecule has 16 nitrogen and oxygen atoms in total. The average molecular weight is 551 g/mol. The lowest BCUT2D eigenvalue weighted by molar-refractivity contribution is -0.141. The molecule has 1 rings (SSSR count). The van der Waals surface area contributed by atoms with Crippen LogP contribution >= 0.6 is 0 Å². The number of phenols is 1. The van der Waals surface area contributed by atoms with E-state index in [1.165, 1.54) is 31.2 Å². The molecule has 0 aliphatic carbocycles. The first-order valence-electron chi connectivity index (χ1n) is 11.8. The number of aliphatic imine (C=N–C) groups is 1. The number of carboxylic acids is 1. The zero-order chi connectivity index (χ0) is 29.5. The number of aliphatic carboxylic acids is 1. The number of benzene rings is 1. The van der Waals surface area contributed by atoms with Gasteiger partial charge in [-0.15, -0.1) is 0 Å². The molecule has 0 saturated carbocycles. The van der Waals surface area contributed by atoms with Crippen LogP contribution in [0.1, 0.15) is 31.7 Å². The summed E-state index contributed by atoms with van der Waals surface area (Å²) in [5.41, 5.74) is 16.4. The summed E-state index contributed by atoms with van der Waals surface area (Å²) in [6.45, 7) is 0.773. The highest BCUT2D eigenvalue weighted by molar-refractivity contribution is 5.95. The first kappa shape index (κ1) is 32.1. The van der Waals surface area contributed by atoms with E-state index in [1.807, 2.05) is 0 Å². The van der Waals surface area contributed by atoms with Gasteiger partial charge in [0.2, 0.25) is 29.5 Å². The fraction of sp³-hybridized carbons (Fsp3) is 0.435. The zero-order valence-corrected chi connectivity index (χ0v) is 21.3. The van der Waals surface area contributed by atoms with Crippen LogP contribution in [0, 0.1) is 0 Å². The average Bonchev–Trinajstić information content (AvgIpc) is 2.84. The third-order valence-corrected chi connectivity index (χ3v) is 5.13. The van der Waals surface area contributed by atoms with Crippen molar-refractivity contribution in [1.82, 2.24) is 21.3 Å². The Morgan fingerprint density at radius 3 is 2.08 bits per heavy atom. The number of amides is 5. The van der Waals surface area contributed by atoms with Gasteiger partial charge in [-0.2, -0.15) is 0 Å². The Hall–Kier alpha value is -4.89. The van der Waals surface area contributed by atoms with Crippen molar-refractivity contribution in [2.45, 2.75) is 50.7 Å². The third-order valence-electron chi connectivity index (χ3n) is 5.13. The maximum Gasteiger partial charge on any atom is 0.305 e. The number of carbonyl (C=O) groups is 6. The van der Waals surface area contributed by atoms with Crippen LogP contribution in [0.2, 0.25) is 0 Å². The van der Waals surface area contributed by atoms with Crippen molar-refractivity contribution >= 4 is 41.5 Å². The number of nitrogens with two attached hydrogens (primary N) is 3. The van der Waals surface area contributed by atoms with Crippen LogP contribution in [0.25, 0.3) is 0 Å². The van der Waals surface area contributed by atoms with E-state index in [1.54, 1.807) is 0 Å². The molecule has 0 spiro atoms. The molecule has 1 aromatic carbocycles. The van der Waals surface area contributed by atoms with Crippen molar-refractivity contribution in [2.75, 3.05) is 13.1 Å². The SMILES string of the molecule is CC(=O)N[C@@H](CCCN=C(N)N)C(=O)NCC(=O)N[C@@H](CC(=O)O)C(=O)N[C@@H](Cc1ccc(O)cc1)C(N)=O. The number of rotatable bonds is 16. The van der Waals surface area contributed by atoms with Crippen molar-refractivity contribution in [2.24, 2.45) is 22.2 Å². The highest BCUT2D eigenvalue weighted by Gasteiger charge is 2.28. The molecule has 214 valence electrons. The summed E-state index contributed by atoms with van der Waals surface area (Å²) in [4.78, 5) is 76.0. The van der Waals surface area contributed by atoms with Gasteiger partial charge in [0, 0.05) is 19.9 Å². The summed E-state index contributed by atoms with van der Waals surface area (Å²) in [5, 5.41) is 27.8. The number of nitrogens with zero attached hydrogens (tertiary/aromatic N) is 1. The number of phenolic OH excluding ortho intramolecular Hbond substituents is 1. The van der Waals surface area contributed by atoms with E-state index >= 15 is 0 Å². The molecule has 0 aliphatic heterocycles. The monoisotopic (exact) mass is 550 g/mol. The molecule has 39 heavy (non-hydrogen) atoms. The molecule has 0 bridgehead atoms. The lowest BCUT2D eigenvalue weighted by Crippen LogP contribution is -2.55. The van der Waals surface area contributed by atoms with Crippen molar-refractivity contribution in [1.29, 1.82) is 0 Å². The van der Waals surface area contributed by atoms with Crippen molar-refractivity contribution in [3.8, 4) is 5.75 Å². The Morgan fingerprint density at radius 2 is 1.54 bits per heavy atom. The topological polar surface area (TPSA) is 281 Å². The number of primary amides is 1. The van der Waals surface area contributed by atoms with Crippen LogP contribution in [-0.4, -0.2) is 82.9 Å². The number of aromatic hydroxyl groups is 1. The van der Waals surface area contributed by atoms with E-state index < -0.39 is 66.6 Å². The minimum atomic E-state index is -1.60. The minimum Gasteiger partial charge on any atom is -0.508 e. The second-order valence-electron chi connectivity index (χ2n) is 8.47. The summed E-state index contributed by atoms with van der Waals surface area (Å²) in [5.74, 6) is -5.55. The van der Waals surface area contributed by atoms with E-state index in [0.717, 1.165) is 0 Å². The highest BCUT2D eigenvalue weighted by Crippen LogP contribution is 2.11. The molecule has 0 saturated heterocycles. The molecule has 0 aromatic heterocycles. The molecular formula is C23H34N8O8. The molecular weight excluding hydrogens is 516 g/mol. The normalized spacial score (nSPS) is 12.6. The standard InChI is InChI=1S/C23H34N8O8/c1-12(32)29-15(3-2-8-27-23(25)26)21(38)28-11-18(34)30-17(10-19(35)36)22(39)31-16(20(24)37)9-13-4-6-14(33)7-5-13/h4-7,15-17,33H,2-3,8-11H2,1H3,(H2,24,37)(H,28,38)(H,29,32)(H,30,34)(H,31,39)(H,35,36)(H4,25,26,27)/t15-,16-,17-/m0/s1. The van der Waals surface area contributed by atoms with E-state index in [2.05, 4.69) is 26.3 Å². The van der Waals surface area contributed by atoms with E-state index in [4.69, 9.17) is 17.2 Å². The van der Waals surface area contributed by atoms with E-state index in [0.29, 0.717) is 12.0 Å². The third kappa shape index (κ3) is 13.3. The molecule has 16 heteroatoms. The van der Waals surface area contributed by atoms with Gasteiger partial charge < -0.3 is 48.7 Å². The molecule has 3 atom stereocenters. The summed E-state index contributed by atoms with van der Waals surface area (Å²) in [7, 11) is 0. The Balaban J connectivity index is 2.79. The van der Waals surface area contributed by atoms with Gasteiger partial charge in [-0.3, -0.25) is 33.8 Å². The van der Waals surface area contributed by atoms with E-state index in [9.17, 15) is 39.0 Å². The van der Waals surface area contributed by atoms with Gasteiger partial charge in [0.1, 0.15) is 23.9 Å². The van der Waals surface area contributed by atoms with Gasteiger partial charge in [0.15, 0.2) is 5.96 Å². The number of hydrogen-bond donors (Lipinski definition) is 9. The smallest absolute Gasteiger partial charge is 0.305 e. The summed E-state index contributed by atoms with van der Waals surface area (Å²) >= 11 is 0. The van der Waals surface area contributed by atoms with Crippen LogP contribution in [0.3, 0.4) is 0 Å². The van der Waals surface area contributed by atoms with Gasteiger partial charge in [-0.05, 0) is 30.5 Å². The molecule has 0 radical (unpaired) electrons. The molecule has 0 heterocycles. The van der Waals surface area contributed by atoms with Crippen molar-refractivity contribution < 1.29 is 39.0 Å². The molecule has 5 amide bonds. The van der Waals surface area contributed by atoms with Gasteiger partial charge >= 0.3 is 5.97 Å². The first-order chi connectivity index (χ1) is 18.3. The predicted molar refractivity (Wildman–Crippen MR) is 138 cm³/mol. The van der Waals surface area contributed by atoms with Gasteiger partial charge in [-0.25, -0.2) is 0 Å². The highest BCUT2D eigenvalue weighted by atomic mass is 16.4. The zero-order valence-electron chi connectivity index (χ0n) is 21.3. The number of guanidine groups is 1. The lowest BCUT2D eigenvalue weighted by atomic mass is 10.0. The summed E-state index contributed by atoms with van der Waals surface area (Å²) < 4.78 is 0. The molecule has 0 fully saturated rings. The lowest BCUT2D eigenvalue weighted by Gasteiger charge is -2.22. The maximum atomic E-state index is 12.7. The van der Waals surface area contributed by atoms with Gasteiger partial charge in [-0.1, -0.05) is 12.1 Å². The van der Waals surface area contributed by atoms with Gasteiger partial charge in [0.25, 0.3) is 0 Å². The van der Waals surface area contributed by atoms with Crippen molar-refractivity contribution in [3.05, 3.63) is 29.8 Å². The first-order valence-corrected chi connectivity index (χ1v) is 11.8. The summed E-state index contributed by atoms with van der Waals surface area (Å²) in [6.07, 6.45) is -0.383. The van der Waals surface area contributed by atoms with Crippen LogP contribution < -0.4 is 38.5 Å². The van der Waals surface area contributed by atoms with Crippen LogP contribution in [0.4, 0.5) is 0 Å². The minimum absolute atomic E-state index is 0.0101. The Labute approximate surface area is 223 Å². The Bertz CT molecular complexity index is 1070. The number of nitrogens with one attached hydrogen (secondary N) is 4. The quantitative estimate of drug-likeness (QED) is 0.0557. The second-order valence-corrected chi connectivity index (χ2v) is 8.47. The van der Waals surface area contributed by atoms with Crippen LogP contribution in [-0.2, 0) is 35.2 Å². The molecule has 12 N–H and O–H groups in total. The molecule has 1 aromatic rings. The largest absolute Gasteiger partial charge is 0.508 e. The van der Waals surface area contributed by atoms with E-state index in [-0.39, 0.29) is 31.1 Å². The Morgan fingerprint density at radius 1 is 0.897 bits per heavy atom. The molecule has 0 aliphatic rings. The van der Waals surface area contributed by atoms with Crippen LogP contribution in [0.15, 0.2) is 29.3 Å². The fourth-order valence-corrected chi connectivity index (χ4v) is 3.30. The van der Waals surface area contributed by atoms with Crippen molar-refractivity contribution in [3.63, 3.8) is 0 Å². The number of carbonyl (C=O) groups excluding carboxylic acids is 5. The summed E-state index contributed by atoms with van der Waals surface area (Å²) in [6, 6.07) is 1.91. The van der Waals surface area contributed by atoms with Crippen LogP contribution in [0.5, 0.6) is 5.75 Å². The maximum absolute atomic E-state index is 12.7. The fourth-order valence-electron chi connectivity index (χ4n) is 3.30. The Kier molecular flexibility index (Phi) is 13.2. The second kappa shape index (κ2) is 16.1.